The quantitative estimate of drug-likeness (QED) is 0.501. The lowest BCUT2D eigenvalue weighted by molar-refractivity contribution is 0.0524. The summed E-state index contributed by atoms with van der Waals surface area (Å²) in [7, 11) is 0. The fraction of sp³-hybridized carbons (Fsp3) is 0.333. The highest BCUT2D eigenvalue weighted by molar-refractivity contribution is 6.05. The number of esters is 1. The summed E-state index contributed by atoms with van der Waals surface area (Å²) in [6.07, 6.45) is 4.69. The molecule has 0 unspecified atom stereocenters. The van der Waals surface area contributed by atoms with Gasteiger partial charge in [-0.1, -0.05) is 12.1 Å². The van der Waals surface area contributed by atoms with Gasteiger partial charge in [0.15, 0.2) is 0 Å². The number of carbonyl (C=O) groups excluding carboxylic acids is 2. The fourth-order valence-corrected chi connectivity index (χ4v) is 4.20. The molecule has 35 heavy (non-hydrogen) atoms. The molecule has 4 rings (SSSR count). The summed E-state index contributed by atoms with van der Waals surface area (Å²) in [4.78, 5) is 38.2. The summed E-state index contributed by atoms with van der Waals surface area (Å²) in [6, 6.07) is 15.1. The second kappa shape index (κ2) is 11.6. The van der Waals surface area contributed by atoms with Crippen molar-refractivity contribution in [1.82, 2.24) is 14.9 Å². The average molecular weight is 474 g/mol. The van der Waals surface area contributed by atoms with Crippen LogP contribution in [0.2, 0.25) is 0 Å². The first-order valence-corrected chi connectivity index (χ1v) is 12.0. The molecule has 0 spiro atoms. The highest BCUT2D eigenvalue weighted by atomic mass is 16.5. The Morgan fingerprint density at radius 1 is 1.00 bits per heavy atom. The van der Waals surface area contributed by atoms with Crippen LogP contribution in [0.3, 0.4) is 0 Å². The number of pyridine rings is 2. The Labute approximate surface area is 205 Å². The first-order chi connectivity index (χ1) is 17.0. The number of nitrogens with one attached hydrogen (secondary N) is 1. The third kappa shape index (κ3) is 6.22. The van der Waals surface area contributed by atoms with Gasteiger partial charge in [0, 0.05) is 45.1 Å². The molecular weight excluding hydrogens is 442 g/mol. The third-order valence-electron chi connectivity index (χ3n) is 6.15. The van der Waals surface area contributed by atoms with Crippen molar-refractivity contribution < 1.29 is 14.3 Å². The van der Waals surface area contributed by atoms with Crippen molar-refractivity contribution in [2.24, 2.45) is 0 Å². The average Bonchev–Trinajstić information content (AvgIpc) is 2.89. The van der Waals surface area contributed by atoms with Crippen LogP contribution in [0.1, 0.15) is 39.0 Å². The van der Waals surface area contributed by atoms with Crippen LogP contribution >= 0.6 is 0 Å². The largest absolute Gasteiger partial charge is 0.462 e. The standard InChI is InChI=1S/C27H31N5O3/c1-3-35-27(34)22-8-9-24(29-20(22)2)26(33)30-23-6-4-5-7-25(23)32-18-16-31(17-19-32)15-12-21-10-13-28-14-11-21/h4-11,13-14H,3,12,15-19H2,1-2H3,(H,30,33). The molecule has 1 N–H and O–H groups in total. The third-order valence-corrected chi connectivity index (χ3v) is 6.15. The van der Waals surface area contributed by atoms with Crippen molar-refractivity contribution in [3.05, 3.63) is 83.4 Å². The van der Waals surface area contributed by atoms with Gasteiger partial charge in [-0.05, 0) is 62.2 Å². The van der Waals surface area contributed by atoms with Crippen molar-refractivity contribution in [2.45, 2.75) is 20.3 Å². The first kappa shape index (κ1) is 24.3. The van der Waals surface area contributed by atoms with E-state index in [4.69, 9.17) is 4.74 Å². The Kier molecular flexibility index (Phi) is 8.05. The Morgan fingerprint density at radius 2 is 1.74 bits per heavy atom. The van der Waals surface area contributed by atoms with Gasteiger partial charge in [0.2, 0.25) is 0 Å². The predicted octanol–water partition coefficient (Wildman–Crippen LogP) is 3.58. The van der Waals surface area contributed by atoms with Crippen LogP contribution in [-0.4, -0.2) is 66.1 Å². The number of piperazine rings is 1. The van der Waals surface area contributed by atoms with E-state index in [0.717, 1.165) is 50.5 Å². The van der Waals surface area contributed by atoms with Crippen LogP contribution < -0.4 is 10.2 Å². The molecule has 1 saturated heterocycles. The molecule has 0 saturated carbocycles. The SMILES string of the molecule is CCOC(=O)c1ccc(C(=O)Nc2ccccc2N2CCN(CCc3ccncc3)CC2)nc1C. The molecule has 8 heteroatoms. The Balaban J connectivity index is 1.37. The van der Waals surface area contributed by atoms with Gasteiger partial charge in [-0.25, -0.2) is 9.78 Å². The van der Waals surface area contributed by atoms with E-state index in [1.54, 1.807) is 26.0 Å². The van der Waals surface area contributed by atoms with E-state index in [0.29, 0.717) is 11.3 Å². The van der Waals surface area contributed by atoms with Gasteiger partial charge in [0.25, 0.3) is 5.91 Å². The van der Waals surface area contributed by atoms with E-state index in [9.17, 15) is 9.59 Å². The highest BCUT2D eigenvalue weighted by Gasteiger charge is 2.21. The van der Waals surface area contributed by atoms with Gasteiger partial charge in [-0.15, -0.1) is 0 Å². The van der Waals surface area contributed by atoms with Gasteiger partial charge >= 0.3 is 5.97 Å². The fourth-order valence-electron chi connectivity index (χ4n) is 4.20. The molecule has 182 valence electrons. The van der Waals surface area contributed by atoms with E-state index in [1.165, 1.54) is 5.56 Å². The number of ether oxygens (including phenoxy) is 1. The zero-order chi connectivity index (χ0) is 24.6. The van der Waals surface area contributed by atoms with Gasteiger partial charge < -0.3 is 15.0 Å². The van der Waals surface area contributed by atoms with E-state index in [1.807, 2.05) is 36.7 Å². The normalized spacial score (nSPS) is 13.9. The molecule has 0 radical (unpaired) electrons. The number of hydrogen-bond donors (Lipinski definition) is 1. The smallest absolute Gasteiger partial charge is 0.339 e. The topological polar surface area (TPSA) is 87.7 Å². The van der Waals surface area contributed by atoms with E-state index in [2.05, 4.69) is 37.2 Å². The summed E-state index contributed by atoms with van der Waals surface area (Å²) in [5.74, 6) is -0.748. The van der Waals surface area contributed by atoms with E-state index in [-0.39, 0.29) is 18.2 Å². The molecule has 0 atom stereocenters. The minimum atomic E-state index is -0.435. The minimum absolute atomic E-state index is 0.256. The van der Waals surface area contributed by atoms with Crippen LogP contribution in [0.5, 0.6) is 0 Å². The van der Waals surface area contributed by atoms with E-state index < -0.39 is 5.97 Å². The lowest BCUT2D eigenvalue weighted by Crippen LogP contribution is -2.47. The number of hydrogen-bond acceptors (Lipinski definition) is 7. The molecule has 1 aliphatic heterocycles. The summed E-state index contributed by atoms with van der Waals surface area (Å²) < 4.78 is 5.04. The molecule has 8 nitrogen and oxygen atoms in total. The molecule has 0 aliphatic carbocycles. The maximum atomic E-state index is 13.0. The van der Waals surface area contributed by atoms with Crippen LogP contribution in [-0.2, 0) is 11.2 Å². The lowest BCUT2D eigenvalue weighted by Gasteiger charge is -2.37. The van der Waals surface area contributed by atoms with E-state index >= 15 is 0 Å². The molecule has 3 aromatic rings. The van der Waals surface area contributed by atoms with Gasteiger partial charge in [0.05, 0.1) is 29.2 Å². The molecule has 0 bridgehead atoms. The Bertz CT molecular complexity index is 1160. The lowest BCUT2D eigenvalue weighted by atomic mass is 10.1. The number of aromatic nitrogens is 2. The zero-order valence-electron chi connectivity index (χ0n) is 20.2. The molecule has 1 aliphatic rings. The summed E-state index contributed by atoms with van der Waals surface area (Å²) in [5.41, 5.74) is 4.13. The number of amides is 1. The van der Waals surface area contributed by atoms with Gasteiger partial charge in [0.1, 0.15) is 5.69 Å². The Hall–Kier alpha value is -3.78. The van der Waals surface area contributed by atoms with Gasteiger partial charge in [-0.2, -0.15) is 0 Å². The van der Waals surface area contributed by atoms with Crippen molar-refractivity contribution in [2.75, 3.05) is 49.5 Å². The molecule has 1 fully saturated rings. The van der Waals surface area contributed by atoms with Crippen LogP contribution in [0.25, 0.3) is 0 Å². The van der Waals surface area contributed by atoms with Crippen molar-refractivity contribution >= 4 is 23.3 Å². The van der Waals surface area contributed by atoms with Crippen molar-refractivity contribution in [3.63, 3.8) is 0 Å². The maximum Gasteiger partial charge on any atom is 0.339 e. The molecule has 3 heterocycles. The predicted molar refractivity (Wildman–Crippen MR) is 136 cm³/mol. The minimum Gasteiger partial charge on any atom is -0.462 e. The second-order valence-corrected chi connectivity index (χ2v) is 8.46. The number of nitrogens with zero attached hydrogens (tertiary/aromatic N) is 4. The molecular formula is C27H31N5O3. The monoisotopic (exact) mass is 473 g/mol. The molecule has 1 aromatic carbocycles. The van der Waals surface area contributed by atoms with Crippen LogP contribution in [0.4, 0.5) is 11.4 Å². The number of para-hydroxylation sites is 2. The van der Waals surface area contributed by atoms with Crippen LogP contribution in [0.15, 0.2) is 60.9 Å². The number of rotatable bonds is 8. The number of benzene rings is 1. The number of carbonyl (C=O) groups is 2. The summed E-state index contributed by atoms with van der Waals surface area (Å²) >= 11 is 0. The van der Waals surface area contributed by atoms with Crippen LogP contribution in [0, 0.1) is 6.92 Å². The molecule has 2 aromatic heterocycles. The molecule has 1 amide bonds. The number of aryl methyl sites for hydroxylation is 1. The van der Waals surface area contributed by atoms with Crippen molar-refractivity contribution in [1.29, 1.82) is 0 Å². The summed E-state index contributed by atoms with van der Waals surface area (Å²) in [6.45, 7) is 8.45. The number of anilines is 2. The first-order valence-electron chi connectivity index (χ1n) is 12.0. The van der Waals surface area contributed by atoms with Gasteiger partial charge in [-0.3, -0.25) is 14.7 Å². The second-order valence-electron chi connectivity index (χ2n) is 8.46. The summed E-state index contributed by atoms with van der Waals surface area (Å²) in [5, 5.41) is 3.00. The highest BCUT2D eigenvalue weighted by Crippen LogP contribution is 2.27. The van der Waals surface area contributed by atoms with Crippen molar-refractivity contribution in [3.8, 4) is 0 Å². The maximum absolute atomic E-state index is 13.0. The zero-order valence-corrected chi connectivity index (χ0v) is 20.2. The Morgan fingerprint density at radius 3 is 2.46 bits per heavy atom.